The van der Waals surface area contributed by atoms with E-state index < -0.39 is 0 Å². The van der Waals surface area contributed by atoms with Crippen LogP contribution in [0.1, 0.15) is 48.2 Å². The van der Waals surface area contributed by atoms with Crippen LogP contribution < -0.4 is 10.2 Å². The number of ether oxygens (including phenoxy) is 1. The normalized spacial score (nSPS) is 21.1. The molecule has 2 atom stereocenters. The van der Waals surface area contributed by atoms with E-state index in [0.29, 0.717) is 0 Å². The van der Waals surface area contributed by atoms with Gasteiger partial charge in [0, 0.05) is 68.5 Å². The lowest BCUT2D eigenvalue weighted by Crippen LogP contribution is -2.45. The minimum Gasteiger partial charge on any atom is -0.373 e. The molecule has 2 aliphatic rings. The maximum atomic E-state index is 13.1. The molecular formula is C30H37N5O2. The first-order valence-corrected chi connectivity index (χ1v) is 13.3. The lowest BCUT2D eigenvalue weighted by Gasteiger charge is -2.35. The third-order valence-electron chi connectivity index (χ3n) is 7.42. The van der Waals surface area contributed by atoms with Gasteiger partial charge >= 0.3 is 0 Å². The molecule has 3 aromatic rings. The van der Waals surface area contributed by atoms with Crippen LogP contribution in [-0.2, 0) is 11.3 Å². The molecule has 7 nitrogen and oxygen atoms in total. The monoisotopic (exact) mass is 499 g/mol. The van der Waals surface area contributed by atoms with Crippen LogP contribution in [-0.4, -0.2) is 65.2 Å². The van der Waals surface area contributed by atoms with Crippen molar-refractivity contribution in [2.24, 2.45) is 0 Å². The number of hydrogen-bond acceptors (Lipinski definition) is 6. The molecule has 194 valence electrons. The highest BCUT2D eigenvalue weighted by Crippen LogP contribution is 2.26. The largest absolute Gasteiger partial charge is 0.373 e. The smallest absolute Gasteiger partial charge is 0.251 e. The number of benzene rings is 1. The molecule has 2 unspecified atom stereocenters. The fourth-order valence-corrected chi connectivity index (χ4v) is 5.60. The van der Waals surface area contributed by atoms with Crippen molar-refractivity contribution >= 4 is 11.7 Å². The Kier molecular flexibility index (Phi) is 7.82. The first-order chi connectivity index (χ1) is 18.0. The maximum Gasteiger partial charge on any atom is 0.251 e. The van der Waals surface area contributed by atoms with Gasteiger partial charge in [-0.1, -0.05) is 24.3 Å². The molecule has 0 radical (unpaired) electrons. The van der Waals surface area contributed by atoms with E-state index in [-0.39, 0.29) is 24.2 Å². The molecule has 4 heterocycles. The predicted octanol–water partition coefficient (Wildman–Crippen LogP) is 4.46. The summed E-state index contributed by atoms with van der Waals surface area (Å²) in [6.45, 7) is 10.9. The quantitative estimate of drug-likeness (QED) is 0.540. The zero-order valence-electron chi connectivity index (χ0n) is 22.1. The van der Waals surface area contributed by atoms with Crippen LogP contribution in [0.2, 0.25) is 0 Å². The summed E-state index contributed by atoms with van der Waals surface area (Å²) in [7, 11) is 0. The summed E-state index contributed by atoms with van der Waals surface area (Å²) in [4.78, 5) is 26.9. The summed E-state index contributed by atoms with van der Waals surface area (Å²) < 4.78 is 5.85. The first kappa shape index (κ1) is 25.4. The fourth-order valence-electron chi connectivity index (χ4n) is 5.60. The van der Waals surface area contributed by atoms with E-state index in [4.69, 9.17) is 9.72 Å². The zero-order chi connectivity index (χ0) is 25.8. The van der Waals surface area contributed by atoms with E-state index in [1.165, 1.54) is 5.56 Å². The lowest BCUT2D eigenvalue weighted by atomic mass is 9.96. The molecule has 7 heteroatoms. The number of piperidine rings is 1. The Morgan fingerprint density at radius 2 is 1.81 bits per heavy atom. The molecule has 1 N–H and O–H groups in total. The van der Waals surface area contributed by atoms with Gasteiger partial charge in [0.15, 0.2) is 0 Å². The first-order valence-electron chi connectivity index (χ1n) is 13.3. The minimum absolute atomic E-state index is 0.00378. The van der Waals surface area contributed by atoms with Gasteiger partial charge in [0.2, 0.25) is 0 Å². The van der Waals surface area contributed by atoms with E-state index in [9.17, 15) is 4.79 Å². The lowest BCUT2D eigenvalue weighted by molar-refractivity contribution is -0.0705. The summed E-state index contributed by atoms with van der Waals surface area (Å²) in [6.07, 6.45) is 7.95. The van der Waals surface area contributed by atoms with E-state index in [1.54, 1.807) is 6.20 Å². The summed E-state index contributed by atoms with van der Waals surface area (Å²) >= 11 is 0. The molecule has 37 heavy (non-hydrogen) atoms. The number of pyridine rings is 2. The topological polar surface area (TPSA) is 70.6 Å². The van der Waals surface area contributed by atoms with E-state index >= 15 is 0 Å². The number of rotatable bonds is 6. The van der Waals surface area contributed by atoms with Crippen molar-refractivity contribution < 1.29 is 9.53 Å². The number of nitrogens with one attached hydrogen (secondary N) is 1. The maximum absolute atomic E-state index is 13.1. The Morgan fingerprint density at radius 3 is 2.49 bits per heavy atom. The molecular weight excluding hydrogens is 462 g/mol. The molecule has 1 aromatic carbocycles. The molecule has 1 amide bonds. The van der Waals surface area contributed by atoms with Gasteiger partial charge in [0.05, 0.1) is 12.2 Å². The second-order valence-corrected chi connectivity index (χ2v) is 10.4. The van der Waals surface area contributed by atoms with Crippen molar-refractivity contribution in [1.82, 2.24) is 20.2 Å². The molecule has 2 fully saturated rings. The van der Waals surface area contributed by atoms with E-state index in [2.05, 4.69) is 46.1 Å². The second kappa shape index (κ2) is 11.4. The molecule has 0 aliphatic carbocycles. The molecule has 2 saturated heterocycles. The Labute approximate surface area is 219 Å². The number of carbonyl (C=O) groups is 1. The molecule has 2 aliphatic heterocycles. The van der Waals surface area contributed by atoms with Gasteiger partial charge in [-0.15, -0.1) is 0 Å². The predicted molar refractivity (Wildman–Crippen MR) is 147 cm³/mol. The van der Waals surface area contributed by atoms with Gasteiger partial charge in [0.1, 0.15) is 5.82 Å². The number of hydrogen-bond donors (Lipinski definition) is 1. The highest BCUT2D eigenvalue weighted by Gasteiger charge is 2.24. The third-order valence-corrected chi connectivity index (χ3v) is 7.42. The van der Waals surface area contributed by atoms with Gasteiger partial charge in [-0.3, -0.25) is 14.7 Å². The summed E-state index contributed by atoms with van der Waals surface area (Å²) in [6, 6.07) is 14.3. The summed E-state index contributed by atoms with van der Waals surface area (Å²) in [5, 5.41) is 3.27. The average molecular weight is 500 g/mol. The van der Waals surface area contributed by atoms with Crippen molar-refractivity contribution in [3.05, 3.63) is 77.7 Å². The average Bonchev–Trinajstić information content (AvgIpc) is 2.90. The number of anilines is 1. The Bertz CT molecular complexity index is 1180. The highest BCUT2D eigenvalue weighted by atomic mass is 16.5. The fraction of sp³-hybridized carbons (Fsp3) is 0.433. The van der Waals surface area contributed by atoms with Crippen molar-refractivity contribution in [2.75, 3.05) is 31.1 Å². The summed E-state index contributed by atoms with van der Waals surface area (Å²) in [5.74, 6) is 1.01. The van der Waals surface area contributed by atoms with Gasteiger partial charge in [0.25, 0.3) is 5.91 Å². The van der Waals surface area contributed by atoms with Crippen molar-refractivity contribution in [1.29, 1.82) is 0 Å². The number of carbonyl (C=O) groups excluding carboxylic acids is 1. The van der Waals surface area contributed by atoms with Crippen molar-refractivity contribution in [3.63, 3.8) is 0 Å². The SMILES string of the molecule is Cc1c(C(=O)NC2CCN(c3ccc(CN4CC(C)OC(C)C4)cn3)CC2)cccc1-c1cccnc1. The number of amides is 1. The van der Waals surface area contributed by atoms with Crippen LogP contribution in [0.15, 0.2) is 61.1 Å². The Morgan fingerprint density at radius 1 is 1.03 bits per heavy atom. The van der Waals surface area contributed by atoms with Gasteiger partial charge in [-0.2, -0.15) is 0 Å². The van der Waals surface area contributed by atoms with Crippen molar-refractivity contribution in [2.45, 2.75) is 58.4 Å². The number of aromatic nitrogens is 2. The minimum atomic E-state index is -0.00378. The van der Waals surface area contributed by atoms with Gasteiger partial charge < -0.3 is 15.0 Å². The van der Waals surface area contributed by atoms with Crippen LogP contribution >= 0.6 is 0 Å². The zero-order valence-corrected chi connectivity index (χ0v) is 22.1. The Balaban J connectivity index is 1.14. The van der Waals surface area contributed by atoms with Crippen LogP contribution in [0.4, 0.5) is 5.82 Å². The van der Waals surface area contributed by atoms with Crippen LogP contribution in [0, 0.1) is 6.92 Å². The van der Waals surface area contributed by atoms with Crippen molar-refractivity contribution in [3.8, 4) is 11.1 Å². The number of nitrogens with zero attached hydrogens (tertiary/aromatic N) is 4. The second-order valence-electron chi connectivity index (χ2n) is 10.4. The summed E-state index contributed by atoms with van der Waals surface area (Å²) in [5.41, 5.74) is 5.01. The van der Waals surface area contributed by atoms with Crippen LogP contribution in [0.3, 0.4) is 0 Å². The third kappa shape index (κ3) is 6.17. The van der Waals surface area contributed by atoms with E-state index in [0.717, 1.165) is 73.6 Å². The molecule has 0 bridgehead atoms. The molecule has 0 spiro atoms. The van der Waals surface area contributed by atoms with Gasteiger partial charge in [-0.25, -0.2) is 4.98 Å². The standard InChI is InChI=1S/C30H37N5O2/c1-21-18-34(19-22(2)37-21)20-24-9-10-29(32-16-24)35-14-11-26(12-15-35)33-30(36)28-8-4-7-27(23(28)3)25-6-5-13-31-17-25/h4-10,13,16-17,21-22,26H,11-12,14-15,18-20H2,1-3H3,(H,33,36). The van der Waals surface area contributed by atoms with Gasteiger partial charge in [-0.05, 0) is 68.5 Å². The van der Waals surface area contributed by atoms with Crippen LogP contribution in [0.25, 0.3) is 11.1 Å². The van der Waals surface area contributed by atoms with Crippen LogP contribution in [0.5, 0.6) is 0 Å². The molecule has 5 rings (SSSR count). The highest BCUT2D eigenvalue weighted by molar-refractivity contribution is 5.97. The molecule has 2 aromatic heterocycles. The number of morpholine rings is 1. The van der Waals surface area contributed by atoms with E-state index in [1.807, 2.05) is 49.6 Å². The molecule has 0 saturated carbocycles. The Hall–Kier alpha value is -3.29.